The number of hydrogen-bond donors (Lipinski definition) is 1. The third-order valence-corrected chi connectivity index (χ3v) is 3.49. The summed E-state index contributed by atoms with van der Waals surface area (Å²) < 4.78 is 10.8. The van der Waals surface area contributed by atoms with Crippen LogP contribution >= 0.6 is 0 Å². The molecule has 0 spiro atoms. The third-order valence-electron chi connectivity index (χ3n) is 3.49. The van der Waals surface area contributed by atoms with Crippen LogP contribution in [0.1, 0.15) is 34.6 Å². The molecule has 0 bridgehead atoms. The predicted octanol–water partition coefficient (Wildman–Crippen LogP) is 1.51. The lowest BCUT2D eigenvalue weighted by Crippen LogP contribution is -2.63. The molecule has 2 heterocycles. The summed E-state index contributed by atoms with van der Waals surface area (Å²) in [5.41, 5.74) is 3.37. The van der Waals surface area contributed by atoms with Crippen LogP contribution < -0.4 is 15.4 Å². The molecule has 7 nitrogen and oxygen atoms in total. The molecule has 22 heavy (non-hydrogen) atoms. The van der Waals surface area contributed by atoms with Gasteiger partial charge in [-0.05, 0) is 46.8 Å². The molecule has 0 radical (unpaired) electrons. The fourth-order valence-electron chi connectivity index (χ4n) is 2.29. The Morgan fingerprint density at radius 2 is 2.09 bits per heavy atom. The van der Waals surface area contributed by atoms with Crippen LogP contribution in [-0.2, 0) is 14.3 Å². The molecule has 1 amide bonds. The fourth-order valence-corrected chi connectivity index (χ4v) is 2.29. The summed E-state index contributed by atoms with van der Waals surface area (Å²) in [5, 5.41) is 0. The van der Waals surface area contributed by atoms with Crippen molar-refractivity contribution in [1.29, 1.82) is 0 Å². The molecule has 1 aliphatic heterocycles. The number of nitrogen functional groups attached to an aromatic ring is 1. The Morgan fingerprint density at radius 3 is 2.68 bits per heavy atom. The second-order valence-corrected chi connectivity index (χ2v) is 6.09. The van der Waals surface area contributed by atoms with Gasteiger partial charge in [0.25, 0.3) is 5.91 Å². The van der Waals surface area contributed by atoms with E-state index in [2.05, 4.69) is 4.98 Å². The normalized spacial score (nSPS) is 16.8. The van der Waals surface area contributed by atoms with Crippen LogP contribution in [-0.4, -0.2) is 34.6 Å². The van der Waals surface area contributed by atoms with Crippen LogP contribution in [0.2, 0.25) is 0 Å². The van der Waals surface area contributed by atoms with Gasteiger partial charge >= 0.3 is 5.97 Å². The zero-order valence-corrected chi connectivity index (χ0v) is 13.5. The summed E-state index contributed by atoms with van der Waals surface area (Å²) in [5.74, 6) is -0.0366. The van der Waals surface area contributed by atoms with E-state index in [-0.39, 0.29) is 24.1 Å². The van der Waals surface area contributed by atoms with Crippen molar-refractivity contribution >= 4 is 23.5 Å². The average Bonchev–Trinajstić information content (AvgIpc) is 2.40. The van der Waals surface area contributed by atoms with Crippen molar-refractivity contribution < 1.29 is 19.1 Å². The molecule has 2 N–H and O–H groups in total. The van der Waals surface area contributed by atoms with Crippen LogP contribution in [0, 0.1) is 0 Å². The topological polar surface area (TPSA) is 94.8 Å². The molecule has 2 rings (SSSR count). The van der Waals surface area contributed by atoms with E-state index in [0.717, 1.165) is 0 Å². The van der Waals surface area contributed by atoms with Crippen LogP contribution in [0.5, 0.6) is 5.75 Å². The van der Waals surface area contributed by atoms with E-state index < -0.39 is 17.1 Å². The van der Waals surface area contributed by atoms with Gasteiger partial charge in [0.2, 0.25) is 0 Å². The predicted molar refractivity (Wildman–Crippen MR) is 81.6 cm³/mol. The van der Waals surface area contributed by atoms with Gasteiger partial charge < -0.3 is 15.2 Å². The molecule has 0 saturated heterocycles. The van der Waals surface area contributed by atoms with Gasteiger partial charge in [-0.25, -0.2) is 9.78 Å². The monoisotopic (exact) mass is 307 g/mol. The highest BCUT2D eigenvalue weighted by Gasteiger charge is 2.51. The number of carbonyl (C=O) groups is 2. The van der Waals surface area contributed by atoms with Crippen molar-refractivity contribution in [2.75, 3.05) is 17.2 Å². The SMILES string of the molecule is CCOC(=O)C(C)(C)N1C(=O)C(C)(C)Oc2ccc(N)nc21. The summed E-state index contributed by atoms with van der Waals surface area (Å²) in [6.45, 7) is 8.44. The van der Waals surface area contributed by atoms with Crippen LogP contribution in [0.15, 0.2) is 12.1 Å². The minimum absolute atomic E-state index is 0.224. The summed E-state index contributed by atoms with van der Waals surface area (Å²) in [6, 6.07) is 3.22. The van der Waals surface area contributed by atoms with Gasteiger partial charge in [0.05, 0.1) is 6.61 Å². The van der Waals surface area contributed by atoms with E-state index in [9.17, 15) is 9.59 Å². The second kappa shape index (κ2) is 5.15. The number of nitrogens with two attached hydrogens (primary N) is 1. The zero-order chi connectivity index (χ0) is 16.7. The molecular weight excluding hydrogens is 286 g/mol. The molecule has 0 unspecified atom stereocenters. The number of anilines is 2. The quantitative estimate of drug-likeness (QED) is 0.851. The number of amides is 1. The molecule has 0 fully saturated rings. The Labute approximate surface area is 129 Å². The van der Waals surface area contributed by atoms with Crippen molar-refractivity contribution in [3.63, 3.8) is 0 Å². The molecule has 120 valence electrons. The molecule has 0 saturated carbocycles. The maximum atomic E-state index is 12.8. The van der Waals surface area contributed by atoms with E-state index in [1.807, 2.05) is 0 Å². The standard InChI is InChI=1S/C15H21N3O4/c1-6-21-13(20)14(2,3)18-11-9(7-8-10(16)17-11)22-15(4,5)12(18)19/h7-8H,6H2,1-5H3,(H2,16,17). The molecular formula is C15H21N3O4. The van der Waals surface area contributed by atoms with Crippen LogP contribution in [0.4, 0.5) is 11.6 Å². The van der Waals surface area contributed by atoms with E-state index in [1.165, 1.54) is 4.90 Å². The average molecular weight is 307 g/mol. The first-order valence-corrected chi connectivity index (χ1v) is 7.08. The lowest BCUT2D eigenvalue weighted by Gasteiger charge is -2.44. The minimum atomic E-state index is -1.23. The molecule has 0 atom stereocenters. The third kappa shape index (κ3) is 2.47. The number of pyridine rings is 1. The fraction of sp³-hybridized carbons (Fsp3) is 0.533. The summed E-state index contributed by atoms with van der Waals surface area (Å²) in [7, 11) is 0. The van der Waals surface area contributed by atoms with E-state index >= 15 is 0 Å². The number of esters is 1. The van der Waals surface area contributed by atoms with Crippen molar-refractivity contribution in [2.24, 2.45) is 0 Å². The van der Waals surface area contributed by atoms with E-state index in [1.54, 1.807) is 46.8 Å². The Hall–Kier alpha value is -2.31. The Kier molecular flexibility index (Phi) is 3.76. The largest absolute Gasteiger partial charge is 0.474 e. The summed E-state index contributed by atoms with van der Waals surface area (Å²) >= 11 is 0. The Bertz CT molecular complexity index is 625. The number of rotatable bonds is 3. The van der Waals surface area contributed by atoms with Crippen LogP contribution in [0.3, 0.4) is 0 Å². The molecule has 0 aliphatic carbocycles. The van der Waals surface area contributed by atoms with Gasteiger partial charge in [0.15, 0.2) is 17.2 Å². The summed E-state index contributed by atoms with van der Waals surface area (Å²) in [4.78, 5) is 30.6. The lowest BCUT2D eigenvalue weighted by atomic mass is 9.96. The molecule has 1 aromatic heterocycles. The van der Waals surface area contributed by atoms with E-state index in [0.29, 0.717) is 5.75 Å². The second-order valence-electron chi connectivity index (χ2n) is 6.09. The maximum Gasteiger partial charge on any atom is 0.331 e. The molecule has 7 heteroatoms. The highest BCUT2D eigenvalue weighted by molar-refractivity contribution is 6.07. The molecule has 0 aromatic carbocycles. The number of nitrogens with zero attached hydrogens (tertiary/aromatic N) is 2. The van der Waals surface area contributed by atoms with Crippen molar-refractivity contribution in [1.82, 2.24) is 4.98 Å². The number of ether oxygens (including phenoxy) is 2. The first kappa shape index (κ1) is 16.1. The van der Waals surface area contributed by atoms with Gasteiger partial charge in [-0.1, -0.05) is 0 Å². The number of carbonyl (C=O) groups excluding carboxylic acids is 2. The smallest absolute Gasteiger partial charge is 0.331 e. The van der Waals surface area contributed by atoms with Crippen molar-refractivity contribution in [2.45, 2.75) is 45.8 Å². The zero-order valence-electron chi connectivity index (χ0n) is 13.5. The Morgan fingerprint density at radius 1 is 1.45 bits per heavy atom. The van der Waals surface area contributed by atoms with Gasteiger partial charge in [0.1, 0.15) is 11.4 Å². The van der Waals surface area contributed by atoms with E-state index in [4.69, 9.17) is 15.2 Å². The highest BCUT2D eigenvalue weighted by Crippen LogP contribution is 2.40. The summed E-state index contributed by atoms with van der Waals surface area (Å²) in [6.07, 6.45) is 0. The first-order valence-electron chi connectivity index (χ1n) is 7.08. The first-order chi connectivity index (χ1) is 10.1. The van der Waals surface area contributed by atoms with Gasteiger partial charge in [-0.15, -0.1) is 0 Å². The number of hydrogen-bond acceptors (Lipinski definition) is 6. The van der Waals surface area contributed by atoms with Crippen molar-refractivity contribution in [3.8, 4) is 5.75 Å². The van der Waals surface area contributed by atoms with Gasteiger partial charge in [0, 0.05) is 0 Å². The lowest BCUT2D eigenvalue weighted by molar-refractivity contribution is -0.151. The molecule has 1 aliphatic rings. The van der Waals surface area contributed by atoms with Crippen molar-refractivity contribution in [3.05, 3.63) is 12.1 Å². The maximum absolute atomic E-state index is 12.8. The highest BCUT2D eigenvalue weighted by atomic mass is 16.5. The van der Waals surface area contributed by atoms with Gasteiger partial charge in [-0.3, -0.25) is 9.69 Å². The number of fused-ring (bicyclic) bond motifs is 1. The Balaban J connectivity index is 2.60. The molecule has 1 aromatic rings. The van der Waals surface area contributed by atoms with Crippen LogP contribution in [0.25, 0.3) is 0 Å². The minimum Gasteiger partial charge on any atom is -0.474 e. The van der Waals surface area contributed by atoms with Gasteiger partial charge in [-0.2, -0.15) is 0 Å². The number of aromatic nitrogens is 1.